The van der Waals surface area contributed by atoms with E-state index in [-0.39, 0.29) is 41.4 Å². The summed E-state index contributed by atoms with van der Waals surface area (Å²) in [5.74, 6) is 0.114. The first-order valence-electron chi connectivity index (χ1n) is 8.24. The maximum atomic E-state index is 12.6. The predicted octanol–water partition coefficient (Wildman–Crippen LogP) is 3.22. The summed E-state index contributed by atoms with van der Waals surface area (Å²) in [5, 5.41) is 10.4. The van der Waals surface area contributed by atoms with Crippen molar-refractivity contribution in [2.75, 3.05) is 6.54 Å². The number of carbonyl (C=O) groups excluding carboxylic acids is 2. The molecule has 1 aliphatic carbocycles. The maximum absolute atomic E-state index is 12.6. The van der Waals surface area contributed by atoms with Crippen LogP contribution in [0, 0.1) is 11.8 Å². The number of hydrogen-bond donors (Lipinski definition) is 1. The number of hydrogen-bond acceptors (Lipinski definition) is 3. The van der Waals surface area contributed by atoms with Crippen molar-refractivity contribution in [2.45, 2.75) is 65.3 Å². The first-order chi connectivity index (χ1) is 9.97. The van der Waals surface area contributed by atoms with Crippen LogP contribution in [-0.2, 0) is 9.59 Å². The van der Waals surface area contributed by atoms with Crippen LogP contribution in [0.15, 0.2) is 11.3 Å². The minimum atomic E-state index is -0.329. The van der Waals surface area contributed by atoms with E-state index in [1.54, 1.807) is 11.8 Å². The van der Waals surface area contributed by atoms with Crippen LogP contribution < -0.4 is 0 Å². The molecule has 0 unspecified atom stereocenters. The summed E-state index contributed by atoms with van der Waals surface area (Å²) in [6.45, 7) is 6.37. The van der Waals surface area contributed by atoms with Gasteiger partial charge in [-0.25, -0.2) is 0 Å². The molecule has 1 saturated carbocycles. The predicted molar refractivity (Wildman–Crippen MR) is 81.9 cm³/mol. The Morgan fingerprint density at radius 3 is 2.43 bits per heavy atom. The first kappa shape index (κ1) is 16.1. The molecule has 0 radical (unpaired) electrons. The average Bonchev–Trinajstić information content (AvgIpc) is 2.70. The molecule has 0 saturated heterocycles. The molecule has 1 amide bonds. The summed E-state index contributed by atoms with van der Waals surface area (Å²) < 4.78 is 0. The summed E-state index contributed by atoms with van der Waals surface area (Å²) in [6.07, 6.45) is 6.27. The van der Waals surface area contributed by atoms with Gasteiger partial charge in [0.05, 0.1) is 6.04 Å². The average molecular weight is 293 g/mol. The van der Waals surface area contributed by atoms with E-state index in [9.17, 15) is 14.7 Å². The molecule has 4 heteroatoms. The third kappa shape index (κ3) is 3.14. The molecule has 1 aliphatic heterocycles. The van der Waals surface area contributed by atoms with Gasteiger partial charge >= 0.3 is 0 Å². The topological polar surface area (TPSA) is 57.6 Å². The van der Waals surface area contributed by atoms with E-state index < -0.39 is 0 Å². The van der Waals surface area contributed by atoms with Crippen molar-refractivity contribution in [3.63, 3.8) is 0 Å². The van der Waals surface area contributed by atoms with Crippen LogP contribution in [-0.4, -0.2) is 34.3 Å². The normalized spacial score (nSPS) is 24.3. The molecule has 1 fully saturated rings. The third-order valence-corrected chi connectivity index (χ3v) is 4.76. The third-order valence-electron chi connectivity index (χ3n) is 4.76. The van der Waals surface area contributed by atoms with Gasteiger partial charge in [-0.05, 0) is 24.7 Å². The number of nitrogens with zero attached hydrogens (tertiary/aromatic N) is 1. The largest absolute Gasteiger partial charge is 0.509 e. The standard InChI is InChI=1S/C17H27NO3/c1-4-13(19)14-16(20)15(11(2)3)18(17(14)21)10-12-8-6-5-7-9-12/h11-12,15,20H,4-10H2,1-3H3/t15-/m0/s1. The lowest BCUT2D eigenvalue weighted by Gasteiger charge is -2.33. The van der Waals surface area contributed by atoms with E-state index in [0.29, 0.717) is 12.5 Å². The van der Waals surface area contributed by atoms with Gasteiger partial charge in [0.25, 0.3) is 5.91 Å². The molecule has 0 bridgehead atoms. The number of amides is 1. The minimum absolute atomic E-state index is 0.00217. The first-order valence-corrected chi connectivity index (χ1v) is 8.24. The van der Waals surface area contributed by atoms with Crippen LogP contribution in [0.25, 0.3) is 0 Å². The second-order valence-corrected chi connectivity index (χ2v) is 6.69. The van der Waals surface area contributed by atoms with Crippen molar-refractivity contribution in [2.24, 2.45) is 11.8 Å². The number of ketones is 1. The summed E-state index contributed by atoms with van der Waals surface area (Å²) in [7, 11) is 0. The molecule has 0 aromatic carbocycles. The number of carbonyl (C=O) groups is 2. The van der Waals surface area contributed by atoms with Crippen LogP contribution in [0.4, 0.5) is 0 Å². The Kier molecular flexibility index (Phi) is 5.07. The highest BCUT2D eigenvalue weighted by Crippen LogP contribution is 2.33. The van der Waals surface area contributed by atoms with Crippen LogP contribution >= 0.6 is 0 Å². The molecule has 2 aliphatic rings. The second-order valence-electron chi connectivity index (χ2n) is 6.69. The molecular formula is C17H27NO3. The Hall–Kier alpha value is -1.32. The van der Waals surface area contributed by atoms with E-state index in [2.05, 4.69) is 0 Å². The van der Waals surface area contributed by atoms with Crippen molar-refractivity contribution in [1.82, 2.24) is 4.90 Å². The Labute approximate surface area is 127 Å². The summed E-state index contributed by atoms with van der Waals surface area (Å²) in [6, 6.07) is -0.329. The molecule has 0 spiro atoms. The van der Waals surface area contributed by atoms with Crippen LogP contribution in [0.1, 0.15) is 59.3 Å². The van der Waals surface area contributed by atoms with Crippen molar-refractivity contribution < 1.29 is 14.7 Å². The lowest BCUT2D eigenvalue weighted by Crippen LogP contribution is -2.42. The van der Waals surface area contributed by atoms with Gasteiger partial charge in [0.2, 0.25) is 0 Å². The zero-order valence-corrected chi connectivity index (χ0v) is 13.4. The van der Waals surface area contributed by atoms with Crippen molar-refractivity contribution >= 4 is 11.7 Å². The Bertz CT molecular complexity index is 447. The highest BCUT2D eigenvalue weighted by molar-refractivity contribution is 6.21. The van der Waals surface area contributed by atoms with E-state index in [1.165, 1.54) is 19.3 Å². The Morgan fingerprint density at radius 2 is 1.90 bits per heavy atom. The van der Waals surface area contributed by atoms with Crippen LogP contribution in [0.2, 0.25) is 0 Å². The summed E-state index contributed by atoms with van der Waals surface area (Å²) in [4.78, 5) is 26.3. The van der Waals surface area contributed by atoms with E-state index in [4.69, 9.17) is 0 Å². The smallest absolute Gasteiger partial charge is 0.261 e. The van der Waals surface area contributed by atoms with E-state index >= 15 is 0 Å². The van der Waals surface area contributed by atoms with Crippen LogP contribution in [0.5, 0.6) is 0 Å². The second kappa shape index (κ2) is 6.63. The molecule has 4 nitrogen and oxygen atoms in total. The van der Waals surface area contributed by atoms with Gasteiger partial charge < -0.3 is 10.0 Å². The number of aliphatic hydroxyl groups is 1. The molecule has 2 rings (SSSR count). The molecule has 0 aromatic heterocycles. The van der Waals surface area contributed by atoms with Gasteiger partial charge in [-0.3, -0.25) is 9.59 Å². The number of aliphatic hydroxyl groups excluding tert-OH is 1. The quantitative estimate of drug-likeness (QED) is 0.792. The monoisotopic (exact) mass is 293 g/mol. The van der Waals surface area contributed by atoms with Gasteiger partial charge in [-0.2, -0.15) is 0 Å². The molecular weight excluding hydrogens is 266 g/mol. The fraction of sp³-hybridized carbons (Fsp3) is 0.765. The Balaban J connectivity index is 2.20. The molecule has 0 aromatic rings. The van der Waals surface area contributed by atoms with Crippen molar-refractivity contribution in [3.8, 4) is 0 Å². The SMILES string of the molecule is CCC(=O)C1=C(O)[C@H](C(C)C)N(CC2CCCCC2)C1=O. The molecule has 118 valence electrons. The fourth-order valence-corrected chi connectivity index (χ4v) is 3.63. The highest BCUT2D eigenvalue weighted by atomic mass is 16.3. The zero-order valence-electron chi connectivity index (χ0n) is 13.4. The van der Waals surface area contributed by atoms with Gasteiger partial charge in [0.1, 0.15) is 11.3 Å². The summed E-state index contributed by atoms with van der Waals surface area (Å²) in [5.41, 5.74) is 0.0343. The minimum Gasteiger partial charge on any atom is -0.509 e. The molecule has 21 heavy (non-hydrogen) atoms. The number of rotatable bonds is 5. The zero-order chi connectivity index (χ0) is 15.6. The van der Waals surface area contributed by atoms with Gasteiger partial charge in [0, 0.05) is 13.0 Å². The maximum Gasteiger partial charge on any atom is 0.261 e. The van der Waals surface area contributed by atoms with E-state index in [0.717, 1.165) is 12.8 Å². The van der Waals surface area contributed by atoms with E-state index in [1.807, 2.05) is 13.8 Å². The lowest BCUT2D eigenvalue weighted by molar-refractivity contribution is -0.130. The van der Waals surface area contributed by atoms with Crippen molar-refractivity contribution in [3.05, 3.63) is 11.3 Å². The van der Waals surface area contributed by atoms with Gasteiger partial charge in [0.15, 0.2) is 5.78 Å². The van der Waals surface area contributed by atoms with Gasteiger partial charge in [-0.15, -0.1) is 0 Å². The molecule has 1 atom stereocenters. The molecule has 1 N–H and O–H groups in total. The van der Waals surface area contributed by atoms with Crippen molar-refractivity contribution in [1.29, 1.82) is 0 Å². The lowest BCUT2D eigenvalue weighted by atomic mass is 9.88. The molecule has 1 heterocycles. The van der Waals surface area contributed by atoms with Crippen LogP contribution in [0.3, 0.4) is 0 Å². The Morgan fingerprint density at radius 1 is 1.29 bits per heavy atom. The van der Waals surface area contributed by atoms with Gasteiger partial charge in [-0.1, -0.05) is 40.0 Å². The summed E-state index contributed by atoms with van der Waals surface area (Å²) >= 11 is 0. The highest BCUT2D eigenvalue weighted by Gasteiger charge is 2.43. The number of Topliss-reactive ketones (excluding diaryl/α,β-unsaturated/α-hetero) is 1. The fourth-order valence-electron chi connectivity index (χ4n) is 3.63.